The number of aryl methyl sites for hydroxylation is 2. The van der Waals surface area contributed by atoms with Gasteiger partial charge in [-0.05, 0) is 37.5 Å². The van der Waals surface area contributed by atoms with Crippen LogP contribution >= 0.6 is 0 Å². The first-order chi connectivity index (χ1) is 9.25. The largest absolute Gasteiger partial charge is 0.462 e. The van der Waals surface area contributed by atoms with E-state index in [9.17, 15) is 4.79 Å². The maximum Gasteiger partial charge on any atom is 0.338 e. The van der Waals surface area contributed by atoms with Gasteiger partial charge in [-0.1, -0.05) is 48.0 Å². The van der Waals surface area contributed by atoms with E-state index in [0.717, 1.165) is 18.4 Å². The molecule has 0 aliphatic heterocycles. The number of hydrogen-bond acceptors (Lipinski definition) is 2. The SMILES string of the molecule is Cc1ccc(C(=O)OCCCc2ccccc2)cc1. The van der Waals surface area contributed by atoms with Crippen molar-refractivity contribution in [1.82, 2.24) is 0 Å². The van der Waals surface area contributed by atoms with E-state index >= 15 is 0 Å². The average molecular weight is 254 g/mol. The Morgan fingerprint density at radius 3 is 2.37 bits per heavy atom. The number of ether oxygens (including phenoxy) is 1. The van der Waals surface area contributed by atoms with Gasteiger partial charge in [-0.15, -0.1) is 0 Å². The summed E-state index contributed by atoms with van der Waals surface area (Å²) in [6, 6.07) is 17.6. The van der Waals surface area contributed by atoms with Crippen LogP contribution < -0.4 is 0 Å². The molecular formula is C17H18O2. The Morgan fingerprint density at radius 1 is 1.00 bits per heavy atom. The van der Waals surface area contributed by atoms with Gasteiger partial charge in [-0.25, -0.2) is 4.79 Å². The molecule has 0 spiro atoms. The summed E-state index contributed by atoms with van der Waals surface area (Å²) in [5.74, 6) is -0.243. The van der Waals surface area contributed by atoms with Gasteiger partial charge in [0, 0.05) is 0 Å². The number of benzene rings is 2. The fraction of sp³-hybridized carbons (Fsp3) is 0.235. The van der Waals surface area contributed by atoms with Gasteiger partial charge < -0.3 is 4.74 Å². The van der Waals surface area contributed by atoms with Crippen LogP contribution in [0.15, 0.2) is 54.6 Å². The van der Waals surface area contributed by atoms with E-state index in [2.05, 4.69) is 12.1 Å². The Balaban J connectivity index is 1.74. The Morgan fingerprint density at radius 2 is 1.68 bits per heavy atom. The van der Waals surface area contributed by atoms with E-state index in [-0.39, 0.29) is 5.97 Å². The molecule has 19 heavy (non-hydrogen) atoms. The maximum atomic E-state index is 11.7. The van der Waals surface area contributed by atoms with Crippen LogP contribution in [-0.2, 0) is 11.2 Å². The van der Waals surface area contributed by atoms with E-state index in [1.54, 1.807) is 12.1 Å². The highest BCUT2D eigenvalue weighted by Crippen LogP contribution is 2.06. The van der Waals surface area contributed by atoms with Gasteiger partial charge in [0.05, 0.1) is 12.2 Å². The van der Waals surface area contributed by atoms with Crippen molar-refractivity contribution in [3.63, 3.8) is 0 Å². The van der Waals surface area contributed by atoms with Crippen LogP contribution in [0.25, 0.3) is 0 Å². The summed E-state index contributed by atoms with van der Waals surface area (Å²) < 4.78 is 5.25. The van der Waals surface area contributed by atoms with Crippen LogP contribution in [0.1, 0.15) is 27.9 Å². The van der Waals surface area contributed by atoms with E-state index < -0.39 is 0 Å². The van der Waals surface area contributed by atoms with Gasteiger partial charge in [0.2, 0.25) is 0 Å². The molecule has 98 valence electrons. The highest BCUT2D eigenvalue weighted by Gasteiger charge is 2.05. The fourth-order valence-electron chi connectivity index (χ4n) is 1.86. The van der Waals surface area contributed by atoms with Crippen molar-refractivity contribution in [2.45, 2.75) is 19.8 Å². The molecule has 0 aliphatic rings. The molecule has 0 radical (unpaired) electrons. The minimum atomic E-state index is -0.243. The monoisotopic (exact) mass is 254 g/mol. The molecule has 0 unspecified atom stereocenters. The molecule has 0 N–H and O–H groups in total. The van der Waals surface area contributed by atoms with Crippen LogP contribution in [-0.4, -0.2) is 12.6 Å². The smallest absolute Gasteiger partial charge is 0.338 e. The zero-order valence-corrected chi connectivity index (χ0v) is 11.1. The molecule has 2 aromatic rings. The Labute approximate surface area is 114 Å². The molecule has 2 aromatic carbocycles. The second-order valence-electron chi connectivity index (χ2n) is 4.59. The standard InChI is InChI=1S/C17H18O2/c1-14-9-11-16(12-10-14)17(18)19-13-5-8-15-6-3-2-4-7-15/h2-4,6-7,9-12H,5,8,13H2,1H3. The number of rotatable bonds is 5. The quantitative estimate of drug-likeness (QED) is 0.599. The molecule has 0 atom stereocenters. The number of esters is 1. The molecule has 2 heteroatoms. The summed E-state index contributed by atoms with van der Waals surface area (Å²) in [4.78, 5) is 11.7. The third-order valence-corrected chi connectivity index (χ3v) is 2.97. The van der Waals surface area contributed by atoms with Crippen molar-refractivity contribution in [3.8, 4) is 0 Å². The van der Waals surface area contributed by atoms with Gasteiger partial charge in [-0.3, -0.25) is 0 Å². The van der Waals surface area contributed by atoms with Crippen molar-refractivity contribution in [2.24, 2.45) is 0 Å². The van der Waals surface area contributed by atoms with E-state index in [4.69, 9.17) is 4.74 Å². The number of hydrogen-bond donors (Lipinski definition) is 0. The zero-order chi connectivity index (χ0) is 13.5. The second kappa shape index (κ2) is 6.74. The minimum Gasteiger partial charge on any atom is -0.462 e. The van der Waals surface area contributed by atoms with Gasteiger partial charge in [-0.2, -0.15) is 0 Å². The molecule has 0 aromatic heterocycles. The van der Waals surface area contributed by atoms with Crippen molar-refractivity contribution < 1.29 is 9.53 Å². The topological polar surface area (TPSA) is 26.3 Å². The third kappa shape index (κ3) is 4.25. The lowest BCUT2D eigenvalue weighted by Crippen LogP contribution is -2.07. The number of carbonyl (C=O) groups is 1. The highest BCUT2D eigenvalue weighted by atomic mass is 16.5. The molecule has 0 bridgehead atoms. The van der Waals surface area contributed by atoms with Gasteiger partial charge >= 0.3 is 5.97 Å². The Hall–Kier alpha value is -2.09. The molecule has 2 nitrogen and oxygen atoms in total. The lowest BCUT2D eigenvalue weighted by molar-refractivity contribution is 0.0500. The normalized spacial score (nSPS) is 10.2. The molecule has 0 aliphatic carbocycles. The summed E-state index contributed by atoms with van der Waals surface area (Å²) >= 11 is 0. The van der Waals surface area contributed by atoms with Gasteiger partial charge in [0.15, 0.2) is 0 Å². The first-order valence-corrected chi connectivity index (χ1v) is 6.53. The number of carbonyl (C=O) groups excluding carboxylic acids is 1. The maximum absolute atomic E-state index is 11.7. The van der Waals surface area contributed by atoms with Crippen LogP contribution in [0.4, 0.5) is 0 Å². The fourth-order valence-corrected chi connectivity index (χ4v) is 1.86. The lowest BCUT2D eigenvalue weighted by atomic mass is 10.1. The van der Waals surface area contributed by atoms with Crippen molar-refractivity contribution in [2.75, 3.05) is 6.61 Å². The molecule has 0 heterocycles. The first kappa shape index (κ1) is 13.3. The molecule has 0 fully saturated rings. The van der Waals surface area contributed by atoms with E-state index in [0.29, 0.717) is 12.2 Å². The summed E-state index contributed by atoms with van der Waals surface area (Å²) in [7, 11) is 0. The predicted molar refractivity (Wildman–Crippen MR) is 76.2 cm³/mol. The summed E-state index contributed by atoms with van der Waals surface area (Å²) in [5.41, 5.74) is 3.03. The molecule has 0 saturated heterocycles. The Kier molecular flexibility index (Phi) is 4.73. The third-order valence-electron chi connectivity index (χ3n) is 2.97. The molecule has 2 rings (SSSR count). The van der Waals surface area contributed by atoms with Crippen LogP contribution in [0.3, 0.4) is 0 Å². The minimum absolute atomic E-state index is 0.243. The van der Waals surface area contributed by atoms with Crippen molar-refractivity contribution in [1.29, 1.82) is 0 Å². The molecule has 0 amide bonds. The predicted octanol–water partition coefficient (Wildman–Crippen LogP) is 3.78. The second-order valence-corrected chi connectivity index (χ2v) is 4.59. The van der Waals surface area contributed by atoms with E-state index in [1.165, 1.54) is 5.56 Å². The van der Waals surface area contributed by atoms with Crippen LogP contribution in [0, 0.1) is 6.92 Å². The van der Waals surface area contributed by atoms with Crippen LogP contribution in [0.5, 0.6) is 0 Å². The lowest BCUT2D eigenvalue weighted by Gasteiger charge is -2.05. The average Bonchev–Trinajstić information content (AvgIpc) is 2.45. The molecule has 0 saturated carbocycles. The highest BCUT2D eigenvalue weighted by molar-refractivity contribution is 5.89. The zero-order valence-electron chi connectivity index (χ0n) is 11.1. The van der Waals surface area contributed by atoms with Crippen molar-refractivity contribution >= 4 is 5.97 Å². The summed E-state index contributed by atoms with van der Waals surface area (Å²) in [6.07, 6.45) is 1.78. The van der Waals surface area contributed by atoms with Crippen LogP contribution in [0.2, 0.25) is 0 Å². The van der Waals surface area contributed by atoms with Gasteiger partial charge in [0.25, 0.3) is 0 Å². The Bertz CT molecular complexity index is 515. The first-order valence-electron chi connectivity index (χ1n) is 6.53. The van der Waals surface area contributed by atoms with Crippen molar-refractivity contribution in [3.05, 3.63) is 71.3 Å². The van der Waals surface area contributed by atoms with Gasteiger partial charge in [0.1, 0.15) is 0 Å². The summed E-state index contributed by atoms with van der Waals surface area (Å²) in [5, 5.41) is 0. The molecular weight excluding hydrogens is 236 g/mol. The summed E-state index contributed by atoms with van der Waals surface area (Å²) in [6.45, 7) is 2.45. The van der Waals surface area contributed by atoms with E-state index in [1.807, 2.05) is 37.3 Å².